The molecule has 8 heteroatoms. The molecular formula is C22H22F3N3O2. The van der Waals surface area contributed by atoms with Crippen LogP contribution in [0.2, 0.25) is 0 Å². The first-order valence-corrected chi connectivity index (χ1v) is 9.65. The first-order chi connectivity index (χ1) is 14.4. The second-order valence-electron chi connectivity index (χ2n) is 7.08. The molecule has 1 saturated heterocycles. The Labute approximate surface area is 172 Å². The van der Waals surface area contributed by atoms with E-state index in [4.69, 9.17) is 4.74 Å². The van der Waals surface area contributed by atoms with E-state index in [2.05, 4.69) is 16.7 Å². The van der Waals surface area contributed by atoms with E-state index in [1.807, 2.05) is 0 Å². The lowest BCUT2D eigenvalue weighted by atomic mass is 10.00. The fraction of sp³-hybridized carbons (Fsp3) is 0.364. The Bertz CT molecular complexity index is 882. The van der Waals surface area contributed by atoms with E-state index in [0.717, 1.165) is 36.2 Å². The summed E-state index contributed by atoms with van der Waals surface area (Å²) in [7, 11) is 0. The number of carbonyl (C=O) groups is 1. The molecular weight excluding hydrogens is 395 g/mol. The van der Waals surface area contributed by atoms with Gasteiger partial charge in [0.15, 0.2) is 0 Å². The van der Waals surface area contributed by atoms with Gasteiger partial charge in [0.2, 0.25) is 0 Å². The van der Waals surface area contributed by atoms with Crippen LogP contribution in [0.1, 0.15) is 17.5 Å². The minimum atomic E-state index is -4.36. The highest BCUT2D eigenvalue weighted by atomic mass is 19.4. The Balaban J connectivity index is 1.61. The molecule has 0 bridgehead atoms. The summed E-state index contributed by atoms with van der Waals surface area (Å²) in [5.74, 6) is -0.322. The molecule has 5 nitrogen and oxygen atoms in total. The van der Waals surface area contributed by atoms with Gasteiger partial charge in [0.05, 0.1) is 11.6 Å². The van der Waals surface area contributed by atoms with Crippen LogP contribution < -0.4 is 10.6 Å². The molecule has 1 aliphatic heterocycles. The second-order valence-corrected chi connectivity index (χ2v) is 7.08. The van der Waals surface area contributed by atoms with Crippen molar-refractivity contribution in [1.29, 1.82) is 5.26 Å². The number of nitriles is 1. The Kier molecular flexibility index (Phi) is 7.08. The summed E-state index contributed by atoms with van der Waals surface area (Å²) in [5.41, 5.74) is 1.57. The monoisotopic (exact) mass is 417 g/mol. The average Bonchev–Trinajstić information content (AvgIpc) is 3.03. The van der Waals surface area contributed by atoms with E-state index in [0.29, 0.717) is 25.1 Å². The molecule has 0 spiro atoms. The molecule has 3 rings (SSSR count). The minimum absolute atomic E-state index is 0.315. The highest BCUT2D eigenvalue weighted by Gasteiger charge is 2.30. The third-order valence-corrected chi connectivity index (χ3v) is 4.85. The number of hydrogen-bond donors (Lipinski definition) is 2. The van der Waals surface area contributed by atoms with Crippen LogP contribution in [0.25, 0.3) is 11.1 Å². The maximum absolute atomic E-state index is 12.7. The van der Waals surface area contributed by atoms with Gasteiger partial charge in [-0.1, -0.05) is 36.4 Å². The van der Waals surface area contributed by atoms with Gasteiger partial charge < -0.3 is 15.4 Å². The standard InChI is InChI=1S/C22H22F3N3O2/c23-22(24,25)18-8-6-17(7-9-18)16-4-2-15(3-5-16)12-19(13-26)28-21(29)20-14-27-10-1-11-30-20/h2-9,19-20,27H,1,10-12,14H2,(H,28,29)/t19-,20?/m0/s1. The van der Waals surface area contributed by atoms with Gasteiger partial charge >= 0.3 is 6.18 Å². The van der Waals surface area contributed by atoms with Crippen molar-refractivity contribution in [1.82, 2.24) is 10.6 Å². The van der Waals surface area contributed by atoms with E-state index in [1.54, 1.807) is 24.3 Å². The Morgan fingerprint density at radius 3 is 2.40 bits per heavy atom. The Morgan fingerprint density at radius 2 is 1.80 bits per heavy atom. The molecule has 1 amide bonds. The average molecular weight is 417 g/mol. The molecule has 2 aromatic rings. The highest BCUT2D eigenvalue weighted by Crippen LogP contribution is 2.31. The smallest absolute Gasteiger partial charge is 0.367 e. The molecule has 1 fully saturated rings. The lowest BCUT2D eigenvalue weighted by Crippen LogP contribution is -2.46. The van der Waals surface area contributed by atoms with Crippen molar-refractivity contribution >= 4 is 5.91 Å². The Hall–Kier alpha value is -2.89. The number of nitrogens with zero attached hydrogens (tertiary/aromatic N) is 1. The van der Waals surface area contributed by atoms with Gasteiger partial charge in [-0.2, -0.15) is 18.4 Å². The molecule has 1 heterocycles. The largest absolute Gasteiger partial charge is 0.416 e. The number of rotatable bonds is 5. The number of alkyl halides is 3. The van der Waals surface area contributed by atoms with Crippen molar-refractivity contribution in [3.8, 4) is 17.2 Å². The van der Waals surface area contributed by atoms with Crippen molar-refractivity contribution in [2.45, 2.75) is 31.2 Å². The molecule has 0 radical (unpaired) electrons. The summed E-state index contributed by atoms with van der Waals surface area (Å²) < 4.78 is 43.6. The summed E-state index contributed by atoms with van der Waals surface area (Å²) >= 11 is 0. The van der Waals surface area contributed by atoms with Gasteiger partial charge in [0.1, 0.15) is 12.1 Å². The predicted molar refractivity (Wildman–Crippen MR) is 105 cm³/mol. The number of nitrogens with one attached hydrogen (secondary N) is 2. The third kappa shape index (κ3) is 5.81. The van der Waals surface area contributed by atoms with Gasteiger partial charge in [-0.15, -0.1) is 0 Å². The van der Waals surface area contributed by atoms with Gasteiger partial charge in [-0.3, -0.25) is 4.79 Å². The lowest BCUT2D eigenvalue weighted by Gasteiger charge is -2.18. The van der Waals surface area contributed by atoms with Gasteiger partial charge in [-0.25, -0.2) is 0 Å². The van der Waals surface area contributed by atoms with Crippen LogP contribution in [0, 0.1) is 11.3 Å². The zero-order chi connectivity index (χ0) is 21.6. The first-order valence-electron chi connectivity index (χ1n) is 9.65. The van der Waals surface area contributed by atoms with Crippen LogP contribution in [0.5, 0.6) is 0 Å². The number of ether oxygens (including phenoxy) is 1. The van der Waals surface area contributed by atoms with E-state index in [-0.39, 0.29) is 5.91 Å². The zero-order valence-electron chi connectivity index (χ0n) is 16.2. The molecule has 2 aromatic carbocycles. The highest BCUT2D eigenvalue weighted by molar-refractivity contribution is 5.81. The van der Waals surface area contributed by atoms with Crippen molar-refractivity contribution in [2.75, 3.05) is 19.7 Å². The van der Waals surface area contributed by atoms with E-state index in [9.17, 15) is 23.2 Å². The molecule has 0 aromatic heterocycles. The molecule has 30 heavy (non-hydrogen) atoms. The van der Waals surface area contributed by atoms with Crippen LogP contribution in [-0.2, 0) is 22.1 Å². The van der Waals surface area contributed by atoms with Crippen molar-refractivity contribution in [3.63, 3.8) is 0 Å². The van der Waals surface area contributed by atoms with E-state index < -0.39 is 23.9 Å². The van der Waals surface area contributed by atoms with Gasteiger partial charge in [0.25, 0.3) is 5.91 Å². The minimum Gasteiger partial charge on any atom is -0.367 e. The van der Waals surface area contributed by atoms with Crippen molar-refractivity contribution in [3.05, 3.63) is 59.7 Å². The molecule has 1 aliphatic rings. The summed E-state index contributed by atoms with van der Waals surface area (Å²) in [4.78, 5) is 12.3. The number of hydrogen-bond acceptors (Lipinski definition) is 4. The summed E-state index contributed by atoms with van der Waals surface area (Å²) in [6, 6.07) is 13.5. The molecule has 158 valence electrons. The number of halogens is 3. The molecule has 1 unspecified atom stereocenters. The van der Waals surface area contributed by atoms with Crippen LogP contribution in [-0.4, -0.2) is 37.7 Å². The molecule has 2 N–H and O–H groups in total. The topological polar surface area (TPSA) is 74.2 Å². The van der Waals surface area contributed by atoms with Crippen LogP contribution >= 0.6 is 0 Å². The molecule has 2 atom stereocenters. The van der Waals surface area contributed by atoms with Crippen LogP contribution in [0.15, 0.2) is 48.5 Å². The van der Waals surface area contributed by atoms with Gasteiger partial charge in [0, 0.05) is 19.6 Å². The fourth-order valence-electron chi connectivity index (χ4n) is 3.20. The van der Waals surface area contributed by atoms with Crippen molar-refractivity contribution < 1.29 is 22.7 Å². The lowest BCUT2D eigenvalue weighted by molar-refractivity contribution is -0.137. The second kappa shape index (κ2) is 9.74. The number of carbonyl (C=O) groups excluding carboxylic acids is 1. The molecule has 0 aliphatic carbocycles. The van der Waals surface area contributed by atoms with Crippen LogP contribution in [0.4, 0.5) is 13.2 Å². The predicted octanol–water partition coefficient (Wildman–Crippen LogP) is 3.30. The molecule has 0 saturated carbocycles. The Morgan fingerprint density at radius 1 is 1.17 bits per heavy atom. The normalized spacial score (nSPS) is 18.1. The third-order valence-electron chi connectivity index (χ3n) is 4.85. The summed E-state index contributed by atoms with van der Waals surface area (Å²) in [5, 5.41) is 15.2. The van der Waals surface area contributed by atoms with Gasteiger partial charge in [-0.05, 0) is 41.8 Å². The van der Waals surface area contributed by atoms with E-state index in [1.165, 1.54) is 12.1 Å². The maximum Gasteiger partial charge on any atom is 0.416 e. The quantitative estimate of drug-likeness (QED) is 0.783. The van der Waals surface area contributed by atoms with Crippen LogP contribution in [0.3, 0.4) is 0 Å². The summed E-state index contributed by atoms with van der Waals surface area (Å²) in [6.07, 6.45) is -3.84. The van der Waals surface area contributed by atoms with Crippen molar-refractivity contribution in [2.24, 2.45) is 0 Å². The number of amides is 1. The SMILES string of the molecule is N#C[C@H](Cc1ccc(-c2ccc(C(F)(F)F)cc2)cc1)NC(=O)C1CNCCCO1. The summed E-state index contributed by atoms with van der Waals surface area (Å²) in [6.45, 7) is 1.69. The maximum atomic E-state index is 12.7. The van der Waals surface area contributed by atoms with E-state index >= 15 is 0 Å². The zero-order valence-corrected chi connectivity index (χ0v) is 16.2. The first kappa shape index (κ1) is 21.8. The number of benzene rings is 2. The fourth-order valence-corrected chi connectivity index (χ4v) is 3.20.